The smallest absolute Gasteiger partial charge is 0.399 e. The Balaban J connectivity index is 0.000000162. The zero-order chi connectivity index (χ0) is 74.7. The summed E-state index contributed by atoms with van der Waals surface area (Å²) >= 11 is 16.5. The molecule has 1 saturated heterocycles. The number of nitrogens with one attached hydrogen (secondary N) is 5. The van der Waals surface area contributed by atoms with Crippen LogP contribution in [0.3, 0.4) is 0 Å². The number of aromatic nitrogens is 8. The van der Waals surface area contributed by atoms with Crippen LogP contribution >= 0.6 is 99.8 Å². The molecular formula is C75H93BBr2IN15O5S4. The third-order valence-electron chi connectivity index (χ3n) is 15.1. The first-order valence-electron chi connectivity index (χ1n) is 33.7. The van der Waals surface area contributed by atoms with E-state index in [0.29, 0.717) is 31.7 Å². The molecule has 0 atom stereocenters. The predicted octanol–water partition coefficient (Wildman–Crippen LogP) is 18.0. The van der Waals surface area contributed by atoms with E-state index >= 15 is 0 Å². The van der Waals surface area contributed by atoms with Crippen LogP contribution < -0.4 is 43.5 Å². The Hall–Kier alpha value is -6.65. The van der Waals surface area contributed by atoms with Crippen LogP contribution in [-0.2, 0) is 9.31 Å². The number of thiophene rings is 4. The van der Waals surface area contributed by atoms with Crippen LogP contribution in [0.15, 0.2) is 156 Å². The fourth-order valence-corrected chi connectivity index (χ4v) is 16.0. The SMILES string of the molecule is CC(C)(C)Nc1cc(Br)c2sc(-c3ccncc3)cc2n1.CC(C)(C)Nc1cc(Br)c2sc(I)cc2n1.CC(C)(C)Nc1cc(NCCCO)c2sc(-c3ccncc3)cc2n1.CC1(C)OB(c2ccncc2)OC1(C)C.NCCCO.Nc1cc(NCCCO)c2sc(-c3ccncc3)cc2n1. The summed E-state index contributed by atoms with van der Waals surface area (Å²) in [6.07, 6.45) is 16.4. The highest BCUT2D eigenvalue weighted by molar-refractivity contribution is 14.1. The lowest BCUT2D eigenvalue weighted by Gasteiger charge is -2.32. The average molecular weight is 1710 g/mol. The number of pyridine rings is 8. The number of aliphatic hydroxyl groups excluding tert-OH is 3. The molecule has 1 aliphatic rings. The Morgan fingerprint density at radius 3 is 1.18 bits per heavy atom. The van der Waals surface area contributed by atoms with Gasteiger partial charge in [0.25, 0.3) is 0 Å². The lowest BCUT2D eigenvalue weighted by atomic mass is 9.80. The summed E-state index contributed by atoms with van der Waals surface area (Å²) < 4.78 is 19.8. The minimum atomic E-state index is -0.280. The summed E-state index contributed by atoms with van der Waals surface area (Å²) in [6, 6.07) is 32.3. The first-order chi connectivity index (χ1) is 48.8. The zero-order valence-corrected chi connectivity index (χ0v) is 69.1. The molecule has 0 spiro atoms. The van der Waals surface area contributed by atoms with Crippen LogP contribution in [-0.4, -0.2) is 130 Å². The Bertz CT molecular complexity index is 4620. The number of nitrogen functional groups attached to an aromatic ring is 1. The second kappa shape index (κ2) is 37.6. The molecule has 0 amide bonds. The maximum Gasteiger partial charge on any atom is 0.494 e. The molecular weight excluding hydrogens is 1620 g/mol. The van der Waals surface area contributed by atoms with Crippen molar-refractivity contribution in [3.8, 4) is 31.3 Å². The molecule has 20 nitrogen and oxygen atoms in total. The van der Waals surface area contributed by atoms with Gasteiger partial charge in [-0.2, -0.15) is 0 Å². The molecule has 0 bridgehead atoms. The standard InChI is InChI=1S/C19H24N4OS.C16H16BrN3S.C15H16N4OS.C11H16BNO2.C11H12BrIN2S.C3H9NO/c1-19(2,3)23-17-12-14(21-7-4-10-24)18-15(22-17)11-16(25-18)13-5-8-20-9-6-13;1-16(2,3)20-14-8-11(17)15-12(19-14)9-13(21-15)10-4-6-18-7-5-10;16-14-9-11(18-4-1-7-20)15-12(19-14)8-13(21-15)10-2-5-17-6-3-10;1-10(2)11(3,4)15-12(14-10)9-5-7-13-8-6-9;1-11(2,3)15-9-4-6(12)10-7(14-9)5-8(13)16-10;4-2-1-3-5/h5-6,8-9,11-12,24H,4,7,10H2,1-3H3,(H2,21,22,23);4-9H,1-3H3,(H,19,20);2-3,5-6,8-9,20H,1,4,7H2,(H3,16,18,19);5-8H,1-4H3;4-5H,1-3H3,(H,14,15);5H,1-4H2. The van der Waals surface area contributed by atoms with Gasteiger partial charge in [0.1, 0.15) is 23.3 Å². The van der Waals surface area contributed by atoms with Gasteiger partial charge < -0.3 is 62.7 Å². The summed E-state index contributed by atoms with van der Waals surface area (Å²) in [5.74, 6) is 3.15. The number of halogens is 3. The van der Waals surface area contributed by atoms with Gasteiger partial charge in [0.2, 0.25) is 0 Å². The number of nitrogens with two attached hydrogens (primary N) is 2. The maximum atomic E-state index is 9.05. The van der Waals surface area contributed by atoms with Crippen molar-refractivity contribution >= 4 is 188 Å². The van der Waals surface area contributed by atoms with Crippen molar-refractivity contribution in [1.29, 1.82) is 0 Å². The van der Waals surface area contributed by atoms with Gasteiger partial charge in [-0.3, -0.25) is 19.9 Å². The van der Waals surface area contributed by atoms with Gasteiger partial charge >= 0.3 is 7.12 Å². The third-order valence-corrected chi connectivity index (χ3v) is 22.4. The molecule has 1 aliphatic heterocycles. The second-order valence-corrected chi connectivity index (χ2v) is 35.8. The quantitative estimate of drug-likeness (QED) is 0.0230. The van der Waals surface area contributed by atoms with E-state index in [-0.39, 0.29) is 54.8 Å². The number of hydrogen-bond acceptors (Lipinski definition) is 24. The van der Waals surface area contributed by atoms with Crippen molar-refractivity contribution in [3.63, 3.8) is 0 Å². The molecule has 1 fully saturated rings. The van der Waals surface area contributed by atoms with Gasteiger partial charge in [-0.25, -0.2) is 19.9 Å². The maximum absolute atomic E-state index is 9.05. The minimum Gasteiger partial charge on any atom is -0.399 e. The van der Waals surface area contributed by atoms with Gasteiger partial charge in [0, 0.05) is 135 Å². The number of rotatable bonds is 17. The number of aliphatic hydroxyl groups is 3. The highest BCUT2D eigenvalue weighted by Crippen LogP contribution is 2.42. The van der Waals surface area contributed by atoms with Gasteiger partial charge in [0.15, 0.2) is 0 Å². The molecule has 12 N–H and O–H groups in total. The molecule has 0 saturated carbocycles. The van der Waals surface area contributed by atoms with E-state index in [2.05, 4.69) is 198 Å². The van der Waals surface area contributed by atoms with Crippen LogP contribution in [0.2, 0.25) is 0 Å². The van der Waals surface area contributed by atoms with E-state index in [1.54, 1.807) is 82.5 Å². The number of fused-ring (bicyclic) bond motifs is 4. The lowest BCUT2D eigenvalue weighted by Crippen LogP contribution is -2.41. The molecule has 0 unspecified atom stereocenters. The predicted molar refractivity (Wildman–Crippen MR) is 452 cm³/mol. The lowest BCUT2D eigenvalue weighted by molar-refractivity contribution is 0.00578. The van der Waals surface area contributed by atoms with Gasteiger partial charge in [-0.05, 0) is 277 Å². The molecule has 103 heavy (non-hydrogen) atoms. The summed E-state index contributed by atoms with van der Waals surface area (Å²) in [6.45, 7) is 29.9. The van der Waals surface area contributed by atoms with Gasteiger partial charge in [-0.1, -0.05) is 0 Å². The molecule has 0 aliphatic carbocycles. The van der Waals surface area contributed by atoms with Crippen molar-refractivity contribution in [2.24, 2.45) is 5.73 Å². The normalized spacial score (nSPS) is 13.1. The number of anilines is 6. The molecule has 13 heterocycles. The van der Waals surface area contributed by atoms with E-state index in [0.717, 1.165) is 104 Å². The molecule has 12 aromatic heterocycles. The monoisotopic (exact) mass is 1710 g/mol. The highest BCUT2D eigenvalue weighted by atomic mass is 127. The molecule has 0 radical (unpaired) electrons. The molecule has 28 heteroatoms. The minimum absolute atomic E-state index is 0.00985. The Morgan fingerprint density at radius 2 is 0.806 bits per heavy atom. The van der Waals surface area contributed by atoms with Crippen LogP contribution in [0.25, 0.3) is 72.2 Å². The topological polar surface area (TPSA) is 294 Å². The van der Waals surface area contributed by atoms with E-state index in [1.807, 2.05) is 113 Å². The van der Waals surface area contributed by atoms with Crippen molar-refractivity contribution in [2.45, 2.75) is 137 Å². The molecule has 0 aromatic carbocycles. The van der Waals surface area contributed by atoms with Crippen molar-refractivity contribution in [1.82, 2.24) is 39.9 Å². The summed E-state index contributed by atoms with van der Waals surface area (Å²) in [5.41, 5.74) is 20.6. The van der Waals surface area contributed by atoms with Crippen molar-refractivity contribution < 1.29 is 24.6 Å². The zero-order valence-electron chi connectivity index (χ0n) is 60.5. The molecule has 546 valence electrons. The van der Waals surface area contributed by atoms with Crippen molar-refractivity contribution in [3.05, 3.63) is 158 Å². The van der Waals surface area contributed by atoms with E-state index < -0.39 is 0 Å². The average Bonchev–Trinajstić information content (AvgIpc) is 1.68. The van der Waals surface area contributed by atoms with Gasteiger partial charge in [0.05, 0.1) is 66.3 Å². The van der Waals surface area contributed by atoms with E-state index in [1.165, 1.54) is 27.6 Å². The summed E-state index contributed by atoms with van der Waals surface area (Å²) in [5, 5.41) is 42.9. The largest absolute Gasteiger partial charge is 0.494 e. The van der Waals surface area contributed by atoms with Crippen LogP contribution in [0, 0.1) is 2.88 Å². The fourth-order valence-electron chi connectivity index (χ4n) is 9.78. The number of nitrogens with zero attached hydrogens (tertiary/aromatic N) is 8. The van der Waals surface area contributed by atoms with Crippen LogP contribution in [0.4, 0.5) is 34.6 Å². The van der Waals surface area contributed by atoms with Crippen LogP contribution in [0.5, 0.6) is 0 Å². The highest BCUT2D eigenvalue weighted by Gasteiger charge is 2.51. The van der Waals surface area contributed by atoms with Crippen LogP contribution in [0.1, 0.15) is 109 Å². The molecule has 13 rings (SSSR count). The first-order valence-corrected chi connectivity index (χ1v) is 39.6. The Morgan fingerprint density at radius 1 is 0.466 bits per heavy atom. The first kappa shape index (κ1) is 82.0. The third kappa shape index (κ3) is 24.7. The fraction of sp³-hybridized carbons (Fsp3) is 0.360. The molecule has 12 aromatic rings. The second-order valence-electron chi connectivity index (χ2n) is 27.9. The van der Waals surface area contributed by atoms with Crippen molar-refractivity contribution in [2.75, 3.05) is 71.8 Å². The van der Waals surface area contributed by atoms with Gasteiger partial charge in [-0.15, -0.1) is 45.3 Å². The Kier molecular flexibility index (Phi) is 29.9. The Labute approximate surface area is 651 Å². The summed E-state index contributed by atoms with van der Waals surface area (Å²) in [7, 11) is -0.280. The van der Waals surface area contributed by atoms with E-state index in [4.69, 9.17) is 46.1 Å². The number of hydrogen-bond donors (Lipinski definition) is 10. The summed E-state index contributed by atoms with van der Waals surface area (Å²) in [4.78, 5) is 38.2. The van der Waals surface area contributed by atoms with E-state index in [9.17, 15) is 0 Å².